The quantitative estimate of drug-likeness (QED) is 0.669. The van der Waals surface area contributed by atoms with Gasteiger partial charge in [0.25, 0.3) is 0 Å². The average molecular weight is 361 g/mol. The summed E-state index contributed by atoms with van der Waals surface area (Å²) in [5.41, 5.74) is 4.74. The molecule has 4 heteroatoms. The molecule has 0 radical (unpaired) electrons. The number of carbonyl (C=O) groups is 1. The Morgan fingerprint density at radius 3 is 2.28 bits per heavy atom. The van der Waals surface area contributed by atoms with E-state index < -0.39 is 0 Å². The second-order valence-electron chi connectivity index (χ2n) is 8.09. The van der Waals surface area contributed by atoms with Crippen molar-refractivity contribution in [3.63, 3.8) is 0 Å². The predicted octanol–water partition coefficient (Wildman–Crippen LogP) is 5.48. The van der Waals surface area contributed by atoms with Gasteiger partial charge in [-0.15, -0.1) is 0 Å². The molecule has 0 aromatic heterocycles. The van der Waals surface area contributed by atoms with E-state index in [1.807, 2.05) is 0 Å². The van der Waals surface area contributed by atoms with Crippen LogP contribution in [0.5, 0.6) is 0 Å². The highest BCUT2D eigenvalue weighted by atomic mass is 32.1. The third-order valence-electron chi connectivity index (χ3n) is 6.17. The van der Waals surface area contributed by atoms with Gasteiger partial charge in [0.1, 0.15) is 0 Å². The number of fused-ring (bicyclic) bond motifs is 2. The van der Waals surface area contributed by atoms with Crippen LogP contribution in [0.4, 0.5) is 10.5 Å². The molecule has 138 valence electrons. The zero-order valence-corrected chi connectivity index (χ0v) is 16.9. The second-order valence-corrected chi connectivity index (χ2v) is 8.49. The highest BCUT2D eigenvalue weighted by Crippen LogP contribution is 2.44. The summed E-state index contributed by atoms with van der Waals surface area (Å²) >= 11 is 4.61. The van der Waals surface area contributed by atoms with Crippen LogP contribution in [0.2, 0.25) is 0 Å². The molecule has 2 aliphatic rings. The van der Waals surface area contributed by atoms with E-state index in [1.165, 1.54) is 36.0 Å². The molecule has 2 amide bonds. The fraction of sp³-hybridized carbons (Fsp3) is 0.667. The van der Waals surface area contributed by atoms with Gasteiger partial charge < -0.3 is 5.32 Å². The van der Waals surface area contributed by atoms with Crippen LogP contribution >= 0.6 is 12.8 Å². The molecule has 1 N–H and O–H groups in total. The number of benzene rings is 1. The SMILES string of the molecule is CCc1cc(C(C)C)cc(CC)c1N(S)C(=O)NC1CC2CCC1C2. The van der Waals surface area contributed by atoms with Crippen LogP contribution < -0.4 is 9.62 Å². The van der Waals surface area contributed by atoms with Crippen molar-refractivity contribution in [3.8, 4) is 0 Å². The first-order valence-electron chi connectivity index (χ1n) is 9.89. The van der Waals surface area contributed by atoms with E-state index in [-0.39, 0.29) is 6.03 Å². The lowest BCUT2D eigenvalue weighted by Crippen LogP contribution is -2.44. The molecule has 0 saturated heterocycles. The summed E-state index contributed by atoms with van der Waals surface area (Å²) in [4.78, 5) is 12.9. The summed E-state index contributed by atoms with van der Waals surface area (Å²) in [7, 11) is 0. The summed E-state index contributed by atoms with van der Waals surface area (Å²) in [5.74, 6) is 1.99. The van der Waals surface area contributed by atoms with Crippen molar-refractivity contribution in [1.82, 2.24) is 5.32 Å². The molecular formula is C21H32N2OS. The van der Waals surface area contributed by atoms with Gasteiger partial charge in [-0.3, -0.25) is 0 Å². The van der Waals surface area contributed by atoms with Crippen LogP contribution in [-0.4, -0.2) is 12.1 Å². The van der Waals surface area contributed by atoms with Gasteiger partial charge in [-0.25, -0.2) is 9.10 Å². The van der Waals surface area contributed by atoms with Gasteiger partial charge in [0.2, 0.25) is 0 Å². The van der Waals surface area contributed by atoms with E-state index in [2.05, 4.69) is 58.0 Å². The van der Waals surface area contributed by atoms with Gasteiger partial charge >= 0.3 is 6.03 Å². The summed E-state index contributed by atoms with van der Waals surface area (Å²) < 4.78 is 1.56. The highest BCUT2D eigenvalue weighted by Gasteiger charge is 2.40. The Bertz CT molecular complexity index is 618. The Balaban J connectivity index is 1.82. The maximum absolute atomic E-state index is 12.9. The van der Waals surface area contributed by atoms with Gasteiger partial charge in [-0.2, -0.15) is 0 Å². The number of carbonyl (C=O) groups excluding carboxylic acids is 1. The normalized spacial score (nSPS) is 24.8. The fourth-order valence-electron chi connectivity index (χ4n) is 4.67. The molecule has 2 bridgehead atoms. The minimum atomic E-state index is -0.0671. The third kappa shape index (κ3) is 3.69. The second kappa shape index (κ2) is 7.61. The highest BCUT2D eigenvalue weighted by molar-refractivity contribution is 7.82. The van der Waals surface area contributed by atoms with Crippen molar-refractivity contribution in [2.24, 2.45) is 11.8 Å². The van der Waals surface area contributed by atoms with Crippen LogP contribution in [0.15, 0.2) is 12.1 Å². The summed E-state index contributed by atoms with van der Waals surface area (Å²) in [6.45, 7) is 8.73. The Hall–Kier alpha value is -1.16. The van der Waals surface area contributed by atoms with E-state index in [0.717, 1.165) is 30.9 Å². The lowest BCUT2D eigenvalue weighted by molar-refractivity contribution is 0.240. The molecule has 0 aliphatic heterocycles. The van der Waals surface area contributed by atoms with Gasteiger partial charge in [-0.05, 0) is 66.5 Å². The minimum absolute atomic E-state index is 0.0671. The first kappa shape index (κ1) is 18.6. The number of hydrogen-bond donors (Lipinski definition) is 2. The van der Waals surface area contributed by atoms with E-state index in [0.29, 0.717) is 17.9 Å². The Morgan fingerprint density at radius 1 is 1.20 bits per heavy atom. The number of amides is 2. The number of anilines is 1. The number of aryl methyl sites for hydroxylation is 2. The molecule has 2 aliphatic carbocycles. The van der Waals surface area contributed by atoms with Gasteiger partial charge in [0.05, 0.1) is 5.69 Å². The van der Waals surface area contributed by atoms with E-state index in [1.54, 1.807) is 4.31 Å². The van der Waals surface area contributed by atoms with Crippen molar-refractivity contribution in [2.75, 3.05) is 4.31 Å². The van der Waals surface area contributed by atoms with E-state index in [4.69, 9.17) is 0 Å². The molecule has 3 rings (SSSR count). The van der Waals surface area contributed by atoms with E-state index in [9.17, 15) is 4.79 Å². The minimum Gasteiger partial charge on any atom is -0.334 e. The molecule has 0 heterocycles. The van der Waals surface area contributed by atoms with Crippen molar-refractivity contribution >= 4 is 24.5 Å². The van der Waals surface area contributed by atoms with Crippen LogP contribution in [-0.2, 0) is 12.8 Å². The molecule has 1 aromatic rings. The first-order chi connectivity index (χ1) is 11.9. The molecule has 2 fully saturated rings. The van der Waals surface area contributed by atoms with Crippen molar-refractivity contribution < 1.29 is 4.79 Å². The van der Waals surface area contributed by atoms with Crippen LogP contribution in [0.25, 0.3) is 0 Å². The zero-order chi connectivity index (χ0) is 18.1. The number of hydrogen-bond acceptors (Lipinski definition) is 2. The van der Waals surface area contributed by atoms with Crippen LogP contribution in [0.3, 0.4) is 0 Å². The standard InChI is InChI=1S/C21H32N2OS/c1-5-15-11-18(13(3)4)12-16(6-2)20(15)23(25)21(24)22-19-10-14-7-8-17(19)9-14/h11-14,17,19,25H,5-10H2,1-4H3,(H,22,24). The number of rotatable bonds is 5. The molecule has 3 unspecified atom stereocenters. The van der Waals surface area contributed by atoms with Crippen molar-refractivity contribution in [2.45, 2.75) is 78.2 Å². The lowest BCUT2D eigenvalue weighted by Gasteiger charge is -2.28. The lowest BCUT2D eigenvalue weighted by atomic mass is 9.93. The smallest absolute Gasteiger partial charge is 0.332 e. The number of urea groups is 1. The topological polar surface area (TPSA) is 32.3 Å². The molecular weight excluding hydrogens is 328 g/mol. The van der Waals surface area contributed by atoms with Crippen molar-refractivity contribution in [1.29, 1.82) is 0 Å². The van der Waals surface area contributed by atoms with Crippen LogP contribution in [0, 0.1) is 11.8 Å². The number of nitrogens with one attached hydrogen (secondary N) is 1. The molecule has 3 nitrogen and oxygen atoms in total. The first-order valence-corrected chi connectivity index (χ1v) is 10.3. The monoisotopic (exact) mass is 360 g/mol. The largest absolute Gasteiger partial charge is 0.334 e. The van der Waals surface area contributed by atoms with E-state index >= 15 is 0 Å². The molecule has 1 aromatic carbocycles. The number of thiol groups is 1. The molecule has 25 heavy (non-hydrogen) atoms. The molecule has 0 spiro atoms. The summed E-state index contributed by atoms with van der Waals surface area (Å²) in [6, 6.07) is 4.76. The Labute approximate surface area is 158 Å². The van der Waals surface area contributed by atoms with Crippen molar-refractivity contribution in [3.05, 3.63) is 28.8 Å². The predicted molar refractivity (Wildman–Crippen MR) is 109 cm³/mol. The maximum Gasteiger partial charge on any atom is 0.332 e. The molecule has 3 atom stereocenters. The van der Waals surface area contributed by atoms with Crippen LogP contribution in [0.1, 0.15) is 76.0 Å². The number of nitrogens with zero attached hydrogens (tertiary/aromatic N) is 1. The van der Waals surface area contributed by atoms with Gasteiger partial charge in [0.15, 0.2) is 0 Å². The average Bonchev–Trinajstić information content (AvgIpc) is 3.22. The van der Waals surface area contributed by atoms with Gasteiger partial charge in [0, 0.05) is 6.04 Å². The van der Waals surface area contributed by atoms with Gasteiger partial charge in [-0.1, -0.05) is 59.1 Å². The summed E-state index contributed by atoms with van der Waals surface area (Å²) in [5, 5.41) is 3.26. The Kier molecular flexibility index (Phi) is 5.67. The third-order valence-corrected chi connectivity index (χ3v) is 6.55. The fourth-order valence-corrected chi connectivity index (χ4v) is 4.99. The molecule has 2 saturated carbocycles. The Morgan fingerprint density at radius 2 is 1.84 bits per heavy atom. The maximum atomic E-state index is 12.9. The summed E-state index contributed by atoms with van der Waals surface area (Å²) in [6.07, 6.45) is 6.86. The zero-order valence-electron chi connectivity index (χ0n) is 16.0.